The monoisotopic (exact) mass is 327 g/mol. The Morgan fingerprint density at radius 3 is 1.43 bits per heavy atom. The van der Waals surface area contributed by atoms with E-state index in [1.807, 2.05) is 0 Å². The largest absolute Gasteiger partial charge is 0.273 e. The molecule has 1 aliphatic rings. The highest BCUT2D eigenvalue weighted by Gasteiger charge is 2.22. The normalized spacial score (nSPS) is 14.0. The third kappa shape index (κ3) is 11.5. The van der Waals surface area contributed by atoms with Crippen LogP contribution >= 0.6 is 0 Å². The first-order valence-electron chi connectivity index (χ1n) is 9.93. The van der Waals surface area contributed by atoms with E-state index in [1.165, 1.54) is 83.5 Å². The molecule has 23 heavy (non-hydrogen) atoms. The number of amides is 1. The zero-order chi connectivity index (χ0) is 16.6. The van der Waals surface area contributed by atoms with Gasteiger partial charge >= 0.3 is 0 Å². The van der Waals surface area contributed by atoms with E-state index in [4.69, 9.17) is 9.68 Å². The van der Waals surface area contributed by atoms with Gasteiger partial charge in [0.05, 0.1) is 0 Å². The maximum absolute atomic E-state index is 11.4. The van der Waals surface area contributed by atoms with Crippen molar-refractivity contribution in [2.75, 3.05) is 6.79 Å². The zero-order valence-corrected chi connectivity index (χ0v) is 15.2. The van der Waals surface area contributed by atoms with Gasteiger partial charge in [0.15, 0.2) is 0 Å². The van der Waals surface area contributed by atoms with Crippen LogP contribution < -0.4 is 0 Å². The highest BCUT2D eigenvalue weighted by atomic mass is 17.1. The van der Waals surface area contributed by atoms with E-state index in [9.17, 15) is 4.79 Å². The van der Waals surface area contributed by atoms with Crippen molar-refractivity contribution in [2.24, 2.45) is 0 Å². The number of unbranched alkanes of at least 4 members (excludes halogenated alkanes) is 14. The van der Waals surface area contributed by atoms with E-state index in [-0.39, 0.29) is 12.7 Å². The standard InChI is InChI=1S/C19H37NO3/c1-2-3-4-5-6-7-8-9-10-11-12-13-14-15-16-17-19(21)20-22-18-23-20/h2-18H2,1H3. The molecule has 0 aliphatic carbocycles. The van der Waals surface area contributed by atoms with Crippen molar-refractivity contribution in [3.63, 3.8) is 0 Å². The van der Waals surface area contributed by atoms with E-state index in [0.29, 0.717) is 6.42 Å². The number of nitrogens with zero attached hydrogens (tertiary/aromatic N) is 1. The van der Waals surface area contributed by atoms with Crippen molar-refractivity contribution in [1.82, 2.24) is 5.23 Å². The molecule has 0 aromatic rings. The number of hydrogen-bond donors (Lipinski definition) is 0. The van der Waals surface area contributed by atoms with Gasteiger partial charge in [0.2, 0.25) is 6.79 Å². The summed E-state index contributed by atoms with van der Waals surface area (Å²) in [6, 6.07) is 0. The van der Waals surface area contributed by atoms with E-state index in [0.717, 1.165) is 18.1 Å². The Bertz CT molecular complexity index is 280. The minimum Gasteiger partial charge on any atom is -0.270 e. The maximum atomic E-state index is 11.4. The Morgan fingerprint density at radius 2 is 1.09 bits per heavy atom. The first-order chi connectivity index (χ1) is 11.3. The number of hydrogen-bond acceptors (Lipinski definition) is 3. The van der Waals surface area contributed by atoms with Gasteiger partial charge in [-0.25, -0.2) is 9.68 Å². The number of rotatable bonds is 16. The number of carbonyl (C=O) groups is 1. The van der Waals surface area contributed by atoms with E-state index in [1.54, 1.807) is 0 Å². The van der Waals surface area contributed by atoms with Gasteiger partial charge in [0, 0.05) is 6.42 Å². The molecule has 0 aromatic heterocycles. The van der Waals surface area contributed by atoms with E-state index in [2.05, 4.69) is 6.92 Å². The Balaban J connectivity index is 1.67. The molecule has 0 bridgehead atoms. The van der Waals surface area contributed by atoms with E-state index >= 15 is 0 Å². The summed E-state index contributed by atoms with van der Waals surface area (Å²) < 4.78 is 0. The summed E-state index contributed by atoms with van der Waals surface area (Å²) in [5.41, 5.74) is 0. The number of hydroxylamine groups is 2. The van der Waals surface area contributed by atoms with Gasteiger partial charge in [-0.1, -0.05) is 102 Å². The minimum atomic E-state index is -0.0501. The molecule has 0 N–H and O–H groups in total. The summed E-state index contributed by atoms with van der Waals surface area (Å²) in [6.07, 6.45) is 20.6. The lowest BCUT2D eigenvalue weighted by Crippen LogP contribution is -2.41. The summed E-state index contributed by atoms with van der Waals surface area (Å²) in [4.78, 5) is 21.1. The second kappa shape index (κ2) is 14.9. The average molecular weight is 328 g/mol. The molecule has 0 unspecified atom stereocenters. The van der Waals surface area contributed by atoms with Gasteiger partial charge in [-0.15, -0.1) is 0 Å². The topological polar surface area (TPSA) is 38.8 Å². The van der Waals surface area contributed by atoms with Crippen LogP contribution in [-0.4, -0.2) is 17.9 Å². The average Bonchev–Trinajstić information content (AvgIpc) is 2.49. The van der Waals surface area contributed by atoms with Crippen LogP contribution in [0.25, 0.3) is 0 Å². The molecule has 136 valence electrons. The highest BCUT2D eigenvalue weighted by Crippen LogP contribution is 2.14. The molecule has 0 radical (unpaired) electrons. The predicted molar refractivity (Wildman–Crippen MR) is 93.4 cm³/mol. The summed E-state index contributed by atoms with van der Waals surface area (Å²) in [5, 5.41) is 1.00. The summed E-state index contributed by atoms with van der Waals surface area (Å²) in [6.45, 7) is 2.49. The Hall–Kier alpha value is -0.610. The minimum absolute atomic E-state index is 0.0501. The Labute approximate surface area is 142 Å². The first-order valence-corrected chi connectivity index (χ1v) is 9.93. The van der Waals surface area contributed by atoms with Crippen LogP contribution in [0, 0.1) is 0 Å². The zero-order valence-electron chi connectivity index (χ0n) is 15.2. The lowest BCUT2D eigenvalue weighted by Gasteiger charge is -2.27. The fourth-order valence-corrected chi connectivity index (χ4v) is 2.99. The molecule has 4 nitrogen and oxygen atoms in total. The molecule has 4 heteroatoms. The molecule has 1 amide bonds. The van der Waals surface area contributed by atoms with Crippen molar-refractivity contribution in [2.45, 2.75) is 110 Å². The molecule has 0 aromatic carbocycles. The molecule has 1 aliphatic heterocycles. The Kier molecular flexibility index (Phi) is 13.3. The van der Waals surface area contributed by atoms with Gasteiger partial charge in [0.25, 0.3) is 5.91 Å². The first kappa shape index (κ1) is 20.4. The van der Waals surface area contributed by atoms with Gasteiger partial charge in [-0.2, -0.15) is 0 Å². The van der Waals surface area contributed by atoms with Gasteiger partial charge in [-0.05, 0) is 6.42 Å². The van der Waals surface area contributed by atoms with Gasteiger partial charge in [-0.3, -0.25) is 4.79 Å². The van der Waals surface area contributed by atoms with Crippen LogP contribution in [0.1, 0.15) is 110 Å². The second-order valence-electron chi connectivity index (χ2n) is 6.73. The molecule has 1 saturated heterocycles. The van der Waals surface area contributed by atoms with Crippen molar-refractivity contribution >= 4 is 5.91 Å². The fraction of sp³-hybridized carbons (Fsp3) is 0.947. The summed E-state index contributed by atoms with van der Waals surface area (Å²) in [5.74, 6) is -0.0501. The quantitative estimate of drug-likeness (QED) is 0.331. The lowest BCUT2D eigenvalue weighted by atomic mass is 10.0. The van der Waals surface area contributed by atoms with Crippen LogP contribution in [0.4, 0.5) is 0 Å². The van der Waals surface area contributed by atoms with Crippen molar-refractivity contribution in [1.29, 1.82) is 0 Å². The van der Waals surface area contributed by atoms with Crippen LogP contribution in [0.2, 0.25) is 0 Å². The predicted octanol–water partition coefficient (Wildman–Crippen LogP) is 5.91. The van der Waals surface area contributed by atoms with Crippen LogP contribution in [-0.2, 0) is 14.5 Å². The van der Waals surface area contributed by atoms with Crippen LogP contribution in [0.3, 0.4) is 0 Å². The molecule has 1 heterocycles. The van der Waals surface area contributed by atoms with Crippen LogP contribution in [0.5, 0.6) is 0 Å². The molecule has 0 atom stereocenters. The van der Waals surface area contributed by atoms with Crippen molar-refractivity contribution in [3.05, 3.63) is 0 Å². The molecule has 0 spiro atoms. The van der Waals surface area contributed by atoms with E-state index < -0.39 is 0 Å². The van der Waals surface area contributed by atoms with Crippen molar-refractivity contribution < 1.29 is 14.5 Å². The molecule has 0 saturated carbocycles. The second-order valence-corrected chi connectivity index (χ2v) is 6.73. The summed E-state index contributed by atoms with van der Waals surface area (Å²) >= 11 is 0. The van der Waals surface area contributed by atoms with Crippen molar-refractivity contribution in [3.8, 4) is 0 Å². The lowest BCUT2D eigenvalue weighted by molar-refractivity contribution is -0.490. The third-order valence-electron chi connectivity index (χ3n) is 4.54. The molecular weight excluding hydrogens is 290 g/mol. The van der Waals surface area contributed by atoms with Gasteiger partial charge in [0.1, 0.15) is 0 Å². The molecule has 1 rings (SSSR count). The molecular formula is C19H37NO3. The number of carbonyl (C=O) groups excluding carboxylic acids is 1. The molecule has 1 fully saturated rings. The fourth-order valence-electron chi connectivity index (χ4n) is 2.99. The maximum Gasteiger partial charge on any atom is 0.273 e. The SMILES string of the molecule is CCCCCCCCCCCCCCCCCC(=O)N1OCO1. The van der Waals surface area contributed by atoms with Crippen LogP contribution in [0.15, 0.2) is 0 Å². The Morgan fingerprint density at radius 1 is 0.696 bits per heavy atom. The van der Waals surface area contributed by atoms with Gasteiger partial charge < -0.3 is 0 Å². The smallest absolute Gasteiger partial charge is 0.270 e. The third-order valence-corrected chi connectivity index (χ3v) is 4.54. The highest BCUT2D eigenvalue weighted by molar-refractivity contribution is 5.74. The summed E-state index contributed by atoms with van der Waals surface area (Å²) in [7, 11) is 0.